The van der Waals surface area contributed by atoms with Crippen LogP contribution in [0.2, 0.25) is 0 Å². The minimum Gasteiger partial charge on any atom is -0.481 e. The average molecular weight is 316 g/mol. The molecule has 0 saturated heterocycles. The van der Waals surface area contributed by atoms with Crippen molar-refractivity contribution in [3.8, 4) is 5.75 Å². The van der Waals surface area contributed by atoms with Crippen LogP contribution in [0.25, 0.3) is 0 Å². The lowest BCUT2D eigenvalue weighted by molar-refractivity contribution is -0.126. The summed E-state index contributed by atoms with van der Waals surface area (Å²) in [4.78, 5) is 22.0. The van der Waals surface area contributed by atoms with Gasteiger partial charge in [0, 0.05) is 16.6 Å². The van der Waals surface area contributed by atoms with Gasteiger partial charge in [0.15, 0.2) is 6.10 Å². The van der Waals surface area contributed by atoms with Crippen LogP contribution in [0.15, 0.2) is 22.7 Å². The highest BCUT2D eigenvalue weighted by Crippen LogP contribution is 2.23. The van der Waals surface area contributed by atoms with Gasteiger partial charge in [-0.1, -0.05) is 15.9 Å². The van der Waals surface area contributed by atoms with Crippen LogP contribution in [0.3, 0.4) is 0 Å². The second kappa shape index (κ2) is 6.36. The highest BCUT2D eigenvalue weighted by atomic mass is 79.9. The van der Waals surface area contributed by atoms with Gasteiger partial charge in [-0.15, -0.1) is 0 Å². The van der Waals surface area contributed by atoms with E-state index < -0.39 is 18.0 Å². The zero-order chi connectivity index (χ0) is 13.7. The molecule has 1 aromatic rings. The van der Waals surface area contributed by atoms with Crippen LogP contribution < -0.4 is 21.5 Å². The summed E-state index contributed by atoms with van der Waals surface area (Å²) in [5, 5.41) is 1.95. The van der Waals surface area contributed by atoms with Gasteiger partial charge in [0.2, 0.25) is 0 Å². The van der Waals surface area contributed by atoms with Crippen molar-refractivity contribution in [3.63, 3.8) is 0 Å². The molecule has 0 aliphatic rings. The SMILES string of the molecule is CC(Oc1ccc(Br)cc1CN)C(=O)NC(N)=O. The van der Waals surface area contributed by atoms with Gasteiger partial charge in [0.25, 0.3) is 5.91 Å². The van der Waals surface area contributed by atoms with Gasteiger partial charge in [-0.3, -0.25) is 10.1 Å². The first kappa shape index (κ1) is 14.5. The molecule has 0 aliphatic heterocycles. The van der Waals surface area contributed by atoms with Gasteiger partial charge in [-0.2, -0.15) is 0 Å². The van der Waals surface area contributed by atoms with E-state index in [9.17, 15) is 9.59 Å². The number of carbonyl (C=O) groups excluding carboxylic acids is 2. The maximum absolute atomic E-state index is 11.4. The largest absolute Gasteiger partial charge is 0.481 e. The quantitative estimate of drug-likeness (QED) is 0.766. The third-order valence-corrected chi connectivity index (χ3v) is 2.66. The minimum atomic E-state index is -0.912. The lowest BCUT2D eigenvalue weighted by atomic mass is 10.2. The molecular weight excluding hydrogens is 302 g/mol. The number of rotatable bonds is 4. The lowest BCUT2D eigenvalue weighted by Gasteiger charge is -2.16. The Labute approximate surface area is 113 Å². The molecule has 1 atom stereocenters. The topological polar surface area (TPSA) is 107 Å². The Bertz CT molecular complexity index is 465. The Morgan fingerprint density at radius 3 is 2.72 bits per heavy atom. The van der Waals surface area contributed by atoms with Crippen molar-refractivity contribution in [3.05, 3.63) is 28.2 Å². The molecule has 18 heavy (non-hydrogen) atoms. The van der Waals surface area contributed by atoms with Crippen molar-refractivity contribution in [1.82, 2.24) is 5.32 Å². The lowest BCUT2D eigenvalue weighted by Crippen LogP contribution is -2.42. The minimum absolute atomic E-state index is 0.277. The first-order valence-electron chi connectivity index (χ1n) is 5.19. The summed E-state index contributed by atoms with van der Waals surface area (Å²) in [5.74, 6) is -0.110. The summed E-state index contributed by atoms with van der Waals surface area (Å²) < 4.78 is 6.30. The Balaban J connectivity index is 2.78. The van der Waals surface area contributed by atoms with Crippen molar-refractivity contribution in [2.24, 2.45) is 11.5 Å². The molecule has 1 aromatic carbocycles. The van der Waals surface area contributed by atoms with Gasteiger partial charge >= 0.3 is 6.03 Å². The number of primary amides is 1. The zero-order valence-corrected chi connectivity index (χ0v) is 11.4. The predicted molar refractivity (Wildman–Crippen MR) is 69.8 cm³/mol. The van der Waals surface area contributed by atoms with Gasteiger partial charge in [0.1, 0.15) is 5.75 Å². The number of carbonyl (C=O) groups is 2. The van der Waals surface area contributed by atoms with E-state index in [-0.39, 0.29) is 6.54 Å². The van der Waals surface area contributed by atoms with E-state index in [0.717, 1.165) is 10.0 Å². The van der Waals surface area contributed by atoms with Gasteiger partial charge in [-0.05, 0) is 25.1 Å². The van der Waals surface area contributed by atoms with Crippen LogP contribution in [0.1, 0.15) is 12.5 Å². The van der Waals surface area contributed by atoms with Gasteiger partial charge in [0.05, 0.1) is 0 Å². The molecule has 0 bridgehead atoms. The van der Waals surface area contributed by atoms with Crippen LogP contribution in [-0.4, -0.2) is 18.0 Å². The fraction of sp³-hybridized carbons (Fsp3) is 0.273. The number of amides is 3. The number of hydrogen-bond donors (Lipinski definition) is 3. The van der Waals surface area contributed by atoms with Crippen molar-refractivity contribution in [2.75, 3.05) is 0 Å². The van der Waals surface area contributed by atoms with Crippen LogP contribution in [0.4, 0.5) is 4.79 Å². The predicted octanol–water partition coefficient (Wildman–Crippen LogP) is 0.870. The molecule has 6 nitrogen and oxygen atoms in total. The Morgan fingerprint density at radius 1 is 1.50 bits per heavy atom. The Kier molecular flexibility index (Phi) is 5.11. The molecule has 0 fully saturated rings. The molecule has 5 N–H and O–H groups in total. The molecule has 0 heterocycles. The first-order chi connectivity index (χ1) is 8.43. The van der Waals surface area contributed by atoms with E-state index in [1.165, 1.54) is 6.92 Å². The summed E-state index contributed by atoms with van der Waals surface area (Å²) >= 11 is 3.31. The van der Waals surface area contributed by atoms with E-state index in [1.54, 1.807) is 18.2 Å². The van der Waals surface area contributed by atoms with Crippen LogP contribution >= 0.6 is 15.9 Å². The molecule has 0 saturated carbocycles. The average Bonchev–Trinajstić information content (AvgIpc) is 2.30. The smallest absolute Gasteiger partial charge is 0.318 e. The van der Waals surface area contributed by atoms with Crippen LogP contribution in [0.5, 0.6) is 5.75 Å². The van der Waals surface area contributed by atoms with Crippen LogP contribution in [0, 0.1) is 0 Å². The van der Waals surface area contributed by atoms with Crippen LogP contribution in [-0.2, 0) is 11.3 Å². The van der Waals surface area contributed by atoms with E-state index in [2.05, 4.69) is 15.9 Å². The molecule has 0 radical (unpaired) electrons. The highest BCUT2D eigenvalue weighted by Gasteiger charge is 2.17. The number of urea groups is 1. The summed E-state index contributed by atoms with van der Waals surface area (Å²) in [5.41, 5.74) is 11.2. The number of nitrogens with two attached hydrogens (primary N) is 2. The van der Waals surface area contributed by atoms with Gasteiger partial charge < -0.3 is 16.2 Å². The normalized spacial score (nSPS) is 11.7. The van der Waals surface area contributed by atoms with Crippen molar-refractivity contribution < 1.29 is 14.3 Å². The van der Waals surface area contributed by atoms with Crippen molar-refractivity contribution in [2.45, 2.75) is 19.6 Å². The fourth-order valence-corrected chi connectivity index (χ4v) is 1.70. The number of hydrogen-bond acceptors (Lipinski definition) is 4. The summed E-state index contributed by atoms with van der Waals surface area (Å²) in [7, 11) is 0. The molecule has 98 valence electrons. The maximum Gasteiger partial charge on any atom is 0.318 e. The second-order valence-electron chi connectivity index (χ2n) is 3.57. The van der Waals surface area contributed by atoms with E-state index in [1.807, 2.05) is 5.32 Å². The first-order valence-corrected chi connectivity index (χ1v) is 5.98. The molecule has 0 spiro atoms. The molecule has 1 unspecified atom stereocenters. The number of benzene rings is 1. The molecule has 7 heteroatoms. The molecule has 0 aromatic heterocycles. The summed E-state index contributed by atoms with van der Waals surface area (Å²) in [6.45, 7) is 1.79. The monoisotopic (exact) mass is 315 g/mol. The highest BCUT2D eigenvalue weighted by molar-refractivity contribution is 9.10. The van der Waals surface area contributed by atoms with E-state index >= 15 is 0 Å². The third kappa shape index (κ3) is 4.01. The maximum atomic E-state index is 11.4. The van der Waals surface area contributed by atoms with E-state index in [4.69, 9.17) is 16.2 Å². The summed E-state index contributed by atoms with van der Waals surface area (Å²) in [6.07, 6.45) is -0.844. The molecule has 0 aliphatic carbocycles. The Morgan fingerprint density at radius 2 is 2.17 bits per heavy atom. The second-order valence-corrected chi connectivity index (χ2v) is 4.49. The standard InChI is InChI=1S/C11H14BrN3O3/c1-6(10(16)15-11(14)17)18-9-3-2-8(12)4-7(9)5-13/h2-4,6H,5,13H2,1H3,(H3,14,15,16,17). The van der Waals surface area contributed by atoms with Crippen molar-refractivity contribution in [1.29, 1.82) is 0 Å². The zero-order valence-electron chi connectivity index (χ0n) is 9.77. The third-order valence-electron chi connectivity index (χ3n) is 2.16. The number of halogens is 1. The van der Waals surface area contributed by atoms with Gasteiger partial charge in [-0.25, -0.2) is 4.79 Å². The molecule has 1 rings (SSSR count). The number of nitrogens with one attached hydrogen (secondary N) is 1. The Hall–Kier alpha value is -1.60. The molecule has 3 amide bonds. The van der Waals surface area contributed by atoms with E-state index in [0.29, 0.717) is 5.75 Å². The number of ether oxygens (including phenoxy) is 1. The van der Waals surface area contributed by atoms with Crippen molar-refractivity contribution >= 4 is 27.9 Å². The fourth-order valence-electron chi connectivity index (χ4n) is 1.29. The summed E-state index contributed by atoms with van der Waals surface area (Å²) in [6, 6.07) is 4.35. The molecular formula is C11H14BrN3O3. The number of imide groups is 1.